The zero-order valence-electron chi connectivity index (χ0n) is 20.6. The lowest BCUT2D eigenvalue weighted by atomic mass is 9.77. The third-order valence-electron chi connectivity index (χ3n) is 7.64. The van der Waals surface area contributed by atoms with Crippen LogP contribution in [0.15, 0.2) is 24.3 Å². The van der Waals surface area contributed by atoms with Gasteiger partial charge in [0.05, 0.1) is 23.7 Å². The molecule has 0 radical (unpaired) electrons. The average Bonchev–Trinajstić information content (AvgIpc) is 3.14. The van der Waals surface area contributed by atoms with Gasteiger partial charge in [0, 0.05) is 19.2 Å². The van der Waals surface area contributed by atoms with Gasteiger partial charge in [-0.1, -0.05) is 38.8 Å². The lowest BCUT2D eigenvalue weighted by Crippen LogP contribution is -2.65. The molecule has 0 saturated heterocycles. The molecule has 4 atom stereocenters. The second-order valence-electron chi connectivity index (χ2n) is 10.4. The molecule has 0 spiro atoms. The summed E-state index contributed by atoms with van der Waals surface area (Å²) >= 11 is 0. The van der Waals surface area contributed by atoms with Crippen LogP contribution < -0.4 is 5.32 Å². The Morgan fingerprint density at radius 1 is 1.27 bits per heavy atom. The van der Waals surface area contributed by atoms with Gasteiger partial charge in [0.25, 0.3) is 5.91 Å². The zero-order valence-corrected chi connectivity index (χ0v) is 20.6. The standard InChI is InChI=1S/C26H38N4O3/c1-17(2)33-15-9-14-30-24(31)23-27-21-11-6-7-13-22(21)29(23)16-26(30,5)25(32)28-20-12-8-10-18(3)19(20)4/h6-7,11,13,17-20H,8-10,12,14-16H2,1-5H3,(H,28,32). The van der Waals surface area contributed by atoms with Crippen LogP contribution in [-0.2, 0) is 16.1 Å². The minimum atomic E-state index is -0.994. The molecule has 1 fully saturated rings. The fourth-order valence-corrected chi connectivity index (χ4v) is 5.33. The Kier molecular flexibility index (Phi) is 6.80. The van der Waals surface area contributed by atoms with Crippen molar-refractivity contribution in [2.75, 3.05) is 13.2 Å². The van der Waals surface area contributed by atoms with Gasteiger partial charge in [0.1, 0.15) is 5.54 Å². The van der Waals surface area contributed by atoms with Crippen molar-refractivity contribution in [2.24, 2.45) is 11.8 Å². The van der Waals surface area contributed by atoms with Gasteiger partial charge in [0.2, 0.25) is 5.91 Å². The van der Waals surface area contributed by atoms with Gasteiger partial charge in [-0.15, -0.1) is 0 Å². The van der Waals surface area contributed by atoms with E-state index in [0.29, 0.717) is 43.8 Å². The first-order chi connectivity index (χ1) is 15.7. The van der Waals surface area contributed by atoms with Crippen LogP contribution in [0.2, 0.25) is 0 Å². The first-order valence-corrected chi connectivity index (χ1v) is 12.4. The van der Waals surface area contributed by atoms with Crippen LogP contribution in [0, 0.1) is 11.8 Å². The maximum Gasteiger partial charge on any atom is 0.290 e. The van der Waals surface area contributed by atoms with E-state index in [1.165, 1.54) is 6.42 Å². The van der Waals surface area contributed by atoms with E-state index < -0.39 is 5.54 Å². The van der Waals surface area contributed by atoms with Crippen molar-refractivity contribution in [1.82, 2.24) is 19.8 Å². The number of hydrogen-bond acceptors (Lipinski definition) is 4. The van der Waals surface area contributed by atoms with Crippen molar-refractivity contribution in [3.05, 3.63) is 30.1 Å². The molecule has 1 aliphatic heterocycles. The molecule has 1 saturated carbocycles. The summed E-state index contributed by atoms with van der Waals surface area (Å²) in [5.41, 5.74) is 0.678. The molecule has 2 aromatic rings. The normalized spacial score (nSPS) is 27.8. The van der Waals surface area contributed by atoms with E-state index in [0.717, 1.165) is 23.9 Å². The topological polar surface area (TPSA) is 76.5 Å². The van der Waals surface area contributed by atoms with Gasteiger partial charge < -0.3 is 19.5 Å². The van der Waals surface area contributed by atoms with Crippen molar-refractivity contribution < 1.29 is 14.3 Å². The minimum Gasteiger partial charge on any atom is -0.379 e. The summed E-state index contributed by atoms with van der Waals surface area (Å²) < 4.78 is 7.62. The maximum atomic E-state index is 13.8. The van der Waals surface area contributed by atoms with Crippen molar-refractivity contribution in [3.63, 3.8) is 0 Å². The van der Waals surface area contributed by atoms with E-state index in [1.54, 1.807) is 4.90 Å². The summed E-state index contributed by atoms with van der Waals surface area (Å²) in [5, 5.41) is 3.34. The van der Waals surface area contributed by atoms with Gasteiger partial charge in [-0.2, -0.15) is 0 Å². The van der Waals surface area contributed by atoms with Crippen molar-refractivity contribution in [1.29, 1.82) is 0 Å². The Balaban J connectivity index is 1.64. The SMILES string of the molecule is CC(C)OCCCN1C(=O)c2nc3ccccc3n2CC1(C)C(=O)NC1CCCC(C)C1C. The van der Waals surface area contributed by atoms with Crippen molar-refractivity contribution >= 4 is 22.8 Å². The predicted octanol–water partition coefficient (Wildman–Crippen LogP) is 4.01. The van der Waals surface area contributed by atoms with Gasteiger partial charge in [-0.25, -0.2) is 4.98 Å². The second-order valence-corrected chi connectivity index (χ2v) is 10.4. The Morgan fingerprint density at radius 3 is 2.79 bits per heavy atom. The molecule has 1 N–H and O–H groups in total. The third-order valence-corrected chi connectivity index (χ3v) is 7.64. The molecule has 1 aliphatic carbocycles. The Bertz CT molecular complexity index is 1020. The number of hydrogen-bond donors (Lipinski definition) is 1. The summed E-state index contributed by atoms with van der Waals surface area (Å²) in [7, 11) is 0. The number of carbonyl (C=O) groups excluding carboxylic acids is 2. The van der Waals surface area contributed by atoms with Crippen LogP contribution in [0.25, 0.3) is 11.0 Å². The molecular formula is C26H38N4O3. The number of nitrogens with zero attached hydrogens (tertiary/aromatic N) is 3. The number of amides is 2. The van der Waals surface area contributed by atoms with Gasteiger partial charge >= 0.3 is 0 Å². The molecule has 1 aromatic carbocycles. The molecule has 2 aliphatic rings. The van der Waals surface area contributed by atoms with E-state index in [9.17, 15) is 9.59 Å². The van der Waals surface area contributed by atoms with Gasteiger partial charge in [-0.3, -0.25) is 9.59 Å². The molecule has 4 unspecified atom stereocenters. The molecule has 4 rings (SSSR count). The third kappa shape index (κ3) is 4.52. The van der Waals surface area contributed by atoms with E-state index >= 15 is 0 Å². The van der Waals surface area contributed by atoms with Crippen LogP contribution in [0.5, 0.6) is 0 Å². The van der Waals surface area contributed by atoms with Crippen molar-refractivity contribution in [2.45, 2.75) is 84.5 Å². The Labute approximate surface area is 196 Å². The highest BCUT2D eigenvalue weighted by molar-refractivity contribution is 6.01. The number of fused-ring (bicyclic) bond motifs is 3. The fourth-order valence-electron chi connectivity index (χ4n) is 5.33. The van der Waals surface area contributed by atoms with Crippen LogP contribution in [0.3, 0.4) is 0 Å². The average molecular weight is 455 g/mol. The quantitative estimate of drug-likeness (QED) is 0.642. The first-order valence-electron chi connectivity index (χ1n) is 12.4. The van der Waals surface area contributed by atoms with Crippen LogP contribution in [0.1, 0.15) is 70.9 Å². The summed E-state index contributed by atoms with van der Waals surface area (Å²) in [5.74, 6) is 1.15. The summed E-state index contributed by atoms with van der Waals surface area (Å²) in [6.07, 6.45) is 4.12. The highest BCUT2D eigenvalue weighted by Gasteiger charge is 2.49. The molecule has 2 amide bonds. The largest absolute Gasteiger partial charge is 0.379 e. The summed E-state index contributed by atoms with van der Waals surface area (Å²) in [6.45, 7) is 11.8. The molecular weight excluding hydrogens is 416 g/mol. The first kappa shape index (κ1) is 23.7. The number of carbonyl (C=O) groups is 2. The molecule has 1 aromatic heterocycles. The fraction of sp³-hybridized carbons (Fsp3) is 0.654. The minimum absolute atomic E-state index is 0.0741. The lowest BCUT2D eigenvalue weighted by molar-refractivity contribution is -0.134. The number of ether oxygens (including phenoxy) is 1. The predicted molar refractivity (Wildman–Crippen MR) is 129 cm³/mol. The number of rotatable bonds is 7. The molecule has 33 heavy (non-hydrogen) atoms. The monoisotopic (exact) mass is 454 g/mol. The highest BCUT2D eigenvalue weighted by atomic mass is 16.5. The number of nitrogens with one attached hydrogen (secondary N) is 1. The molecule has 180 valence electrons. The smallest absolute Gasteiger partial charge is 0.290 e. The van der Waals surface area contributed by atoms with Crippen LogP contribution in [-0.4, -0.2) is 57.1 Å². The van der Waals surface area contributed by atoms with E-state index in [-0.39, 0.29) is 24.0 Å². The molecule has 0 bridgehead atoms. The van der Waals surface area contributed by atoms with E-state index in [4.69, 9.17) is 4.74 Å². The van der Waals surface area contributed by atoms with Crippen LogP contribution in [0.4, 0.5) is 0 Å². The number of aromatic nitrogens is 2. The van der Waals surface area contributed by atoms with Crippen LogP contribution >= 0.6 is 0 Å². The number of imidazole rings is 1. The second kappa shape index (κ2) is 9.45. The van der Waals surface area contributed by atoms with E-state index in [2.05, 4.69) is 24.1 Å². The highest BCUT2D eigenvalue weighted by Crippen LogP contribution is 2.33. The zero-order chi connectivity index (χ0) is 23.8. The Hall–Kier alpha value is -2.41. The Morgan fingerprint density at radius 2 is 2.03 bits per heavy atom. The summed E-state index contributed by atoms with van der Waals surface area (Å²) in [4.78, 5) is 33.8. The molecule has 7 heteroatoms. The molecule has 7 nitrogen and oxygen atoms in total. The number of para-hydroxylation sites is 2. The van der Waals surface area contributed by atoms with E-state index in [1.807, 2.05) is 49.6 Å². The summed E-state index contributed by atoms with van der Waals surface area (Å²) in [6, 6.07) is 7.89. The lowest BCUT2D eigenvalue weighted by Gasteiger charge is -2.45. The van der Waals surface area contributed by atoms with Gasteiger partial charge in [0.15, 0.2) is 5.82 Å². The van der Waals surface area contributed by atoms with Crippen molar-refractivity contribution in [3.8, 4) is 0 Å². The number of benzene rings is 1. The van der Waals surface area contributed by atoms with Gasteiger partial charge in [-0.05, 0) is 57.6 Å². The maximum absolute atomic E-state index is 13.8. The molecule has 2 heterocycles.